The zero-order valence-corrected chi connectivity index (χ0v) is 18.0. The van der Waals surface area contributed by atoms with Crippen molar-refractivity contribution in [1.29, 1.82) is 0 Å². The second-order valence-electron chi connectivity index (χ2n) is 6.53. The highest BCUT2D eigenvalue weighted by Gasteiger charge is 2.30. The third kappa shape index (κ3) is 4.30. The summed E-state index contributed by atoms with van der Waals surface area (Å²) in [5, 5.41) is 2.73. The van der Waals surface area contributed by atoms with E-state index in [4.69, 9.17) is 9.47 Å². The molecule has 0 aromatic heterocycles. The van der Waals surface area contributed by atoms with Gasteiger partial charge in [0.1, 0.15) is 5.70 Å². The molecule has 0 spiro atoms. The van der Waals surface area contributed by atoms with Gasteiger partial charge in [-0.15, -0.1) is 4.40 Å². The minimum Gasteiger partial charge on any atom is -0.493 e. The summed E-state index contributed by atoms with van der Waals surface area (Å²) in [6.07, 6.45) is 2.31. The van der Waals surface area contributed by atoms with Crippen molar-refractivity contribution in [3.63, 3.8) is 0 Å². The van der Waals surface area contributed by atoms with Gasteiger partial charge in [-0.25, -0.2) is 4.31 Å². The molecule has 0 radical (unpaired) electrons. The number of rotatable bonds is 6. The number of amides is 1. The molecule has 0 saturated heterocycles. The Kier molecular flexibility index (Phi) is 6.12. The Balaban J connectivity index is 1.96. The quantitative estimate of drug-likeness (QED) is 0.762. The molecule has 9 heteroatoms. The van der Waals surface area contributed by atoms with Crippen LogP contribution in [0.1, 0.15) is 18.1 Å². The highest BCUT2D eigenvalue weighted by atomic mass is 32.2. The molecule has 158 valence electrons. The number of aryl methyl sites for hydroxylation is 1. The topological polar surface area (TPSA) is 97.3 Å². The Bertz CT molecular complexity index is 1120. The van der Waals surface area contributed by atoms with Crippen LogP contribution in [-0.4, -0.2) is 45.6 Å². The molecule has 0 atom stereocenters. The molecule has 3 rings (SSSR count). The molecule has 2 aromatic rings. The lowest BCUT2D eigenvalue weighted by Gasteiger charge is -2.24. The number of nitrogens with zero attached hydrogens (tertiary/aromatic N) is 2. The molecule has 1 aliphatic heterocycles. The van der Waals surface area contributed by atoms with Gasteiger partial charge in [-0.2, -0.15) is 8.42 Å². The van der Waals surface area contributed by atoms with E-state index < -0.39 is 16.1 Å². The van der Waals surface area contributed by atoms with Crippen LogP contribution >= 0.6 is 0 Å². The maximum atomic E-state index is 12.8. The fourth-order valence-electron chi connectivity index (χ4n) is 2.92. The number of ether oxygens (including phenoxy) is 2. The van der Waals surface area contributed by atoms with Crippen molar-refractivity contribution < 1.29 is 22.7 Å². The van der Waals surface area contributed by atoms with Gasteiger partial charge < -0.3 is 14.8 Å². The van der Waals surface area contributed by atoms with Crippen molar-refractivity contribution in [1.82, 2.24) is 4.31 Å². The van der Waals surface area contributed by atoms with E-state index in [1.807, 2.05) is 19.1 Å². The van der Waals surface area contributed by atoms with E-state index in [2.05, 4.69) is 9.71 Å². The number of hydrogen-bond acceptors (Lipinski definition) is 5. The summed E-state index contributed by atoms with van der Waals surface area (Å²) < 4.78 is 40.3. The van der Waals surface area contributed by atoms with Gasteiger partial charge in [0.2, 0.25) is 0 Å². The number of benzene rings is 2. The molecule has 30 heavy (non-hydrogen) atoms. The van der Waals surface area contributed by atoms with Crippen LogP contribution in [0.5, 0.6) is 11.5 Å². The highest BCUT2D eigenvalue weighted by molar-refractivity contribution is 7.88. The Morgan fingerprint density at radius 3 is 2.33 bits per heavy atom. The summed E-state index contributed by atoms with van der Waals surface area (Å²) in [5.41, 5.74) is 2.25. The Morgan fingerprint density at radius 1 is 1.07 bits per heavy atom. The average Bonchev–Trinajstić information content (AvgIpc) is 2.75. The molecule has 1 amide bonds. The first-order chi connectivity index (χ1) is 14.3. The fourth-order valence-corrected chi connectivity index (χ4v) is 3.83. The molecular formula is C21H23N3O5S. The third-order valence-corrected chi connectivity index (χ3v) is 6.02. The number of methoxy groups -OCH3 is 2. The minimum absolute atomic E-state index is 0.0469. The highest BCUT2D eigenvalue weighted by Crippen LogP contribution is 2.29. The second kappa shape index (κ2) is 8.58. The molecule has 0 bridgehead atoms. The van der Waals surface area contributed by atoms with Gasteiger partial charge >= 0.3 is 10.2 Å². The van der Waals surface area contributed by atoms with Crippen molar-refractivity contribution in [2.45, 2.75) is 13.3 Å². The van der Waals surface area contributed by atoms with E-state index in [0.717, 1.165) is 16.3 Å². The number of hydrogen-bond donors (Lipinski definition) is 1. The molecule has 2 aromatic carbocycles. The van der Waals surface area contributed by atoms with Crippen LogP contribution in [0.25, 0.3) is 0 Å². The summed E-state index contributed by atoms with van der Waals surface area (Å²) >= 11 is 0. The fraction of sp³-hybridized carbons (Fsp3) is 0.238. The number of nitrogens with one attached hydrogen (secondary N) is 1. The summed E-state index contributed by atoms with van der Waals surface area (Å²) in [7, 11) is 0.200. The van der Waals surface area contributed by atoms with E-state index in [-0.39, 0.29) is 11.4 Å². The molecule has 1 heterocycles. The molecule has 0 unspecified atom stereocenters. The molecule has 1 N–H and O–H groups in total. The standard InChI is InChI=1S/C21H23N3O5S/c1-5-14-6-9-16(10-7-14)22-21(25)18-13-17(23-30(26,27)24(18)2)15-8-11-19(28-3)20(12-15)29-4/h6-13H,5H2,1-4H3,(H,22,25). The van der Waals surface area contributed by atoms with Crippen LogP contribution in [0.2, 0.25) is 0 Å². The van der Waals surface area contributed by atoms with Crippen LogP contribution in [0.4, 0.5) is 5.69 Å². The van der Waals surface area contributed by atoms with Crippen LogP contribution in [0.3, 0.4) is 0 Å². The summed E-state index contributed by atoms with van der Waals surface area (Å²) in [5.74, 6) is 0.359. The van der Waals surface area contributed by atoms with E-state index in [1.54, 1.807) is 30.3 Å². The van der Waals surface area contributed by atoms with Gasteiger partial charge in [0.05, 0.1) is 19.9 Å². The average molecular weight is 429 g/mol. The van der Waals surface area contributed by atoms with E-state index in [1.165, 1.54) is 27.3 Å². The van der Waals surface area contributed by atoms with Gasteiger partial charge in [-0.3, -0.25) is 4.79 Å². The normalized spacial score (nSPS) is 15.1. The van der Waals surface area contributed by atoms with Crippen molar-refractivity contribution in [3.05, 3.63) is 65.4 Å². The molecule has 0 aliphatic carbocycles. The third-order valence-electron chi connectivity index (χ3n) is 4.70. The first-order valence-corrected chi connectivity index (χ1v) is 10.6. The number of anilines is 1. The lowest BCUT2D eigenvalue weighted by atomic mass is 10.1. The van der Waals surface area contributed by atoms with Gasteiger partial charge in [-0.1, -0.05) is 19.1 Å². The maximum Gasteiger partial charge on any atom is 0.345 e. The van der Waals surface area contributed by atoms with Gasteiger partial charge in [0.25, 0.3) is 5.91 Å². The first kappa shape index (κ1) is 21.4. The van der Waals surface area contributed by atoms with Crippen LogP contribution in [0.15, 0.2) is 58.6 Å². The zero-order chi connectivity index (χ0) is 21.9. The smallest absolute Gasteiger partial charge is 0.345 e. The first-order valence-electron chi connectivity index (χ1n) is 9.22. The van der Waals surface area contributed by atoms with Crippen molar-refractivity contribution >= 4 is 27.5 Å². The Labute approximate surface area is 176 Å². The predicted octanol–water partition coefficient (Wildman–Crippen LogP) is 2.77. The van der Waals surface area contributed by atoms with Crippen molar-refractivity contribution in [3.8, 4) is 11.5 Å². The number of allylic oxidation sites excluding steroid dienone is 1. The van der Waals surface area contributed by atoms with Crippen molar-refractivity contribution in [2.75, 3.05) is 26.6 Å². The maximum absolute atomic E-state index is 12.8. The number of carbonyl (C=O) groups excluding carboxylic acids is 1. The number of carbonyl (C=O) groups is 1. The summed E-state index contributed by atoms with van der Waals surface area (Å²) in [6, 6.07) is 12.3. The van der Waals surface area contributed by atoms with Crippen LogP contribution < -0.4 is 14.8 Å². The van der Waals surface area contributed by atoms with Crippen LogP contribution in [0, 0.1) is 0 Å². The van der Waals surface area contributed by atoms with Gasteiger partial charge in [-0.05, 0) is 48.4 Å². The SMILES string of the molecule is CCc1ccc(NC(=O)C2=CC(c3ccc(OC)c(OC)c3)=NS(=O)(=O)N2C)cc1. The summed E-state index contributed by atoms with van der Waals surface area (Å²) in [6.45, 7) is 2.04. The molecule has 8 nitrogen and oxygen atoms in total. The predicted molar refractivity (Wildman–Crippen MR) is 115 cm³/mol. The molecular weight excluding hydrogens is 406 g/mol. The van der Waals surface area contributed by atoms with E-state index in [9.17, 15) is 13.2 Å². The Hall–Kier alpha value is -3.33. The molecule has 0 fully saturated rings. The Morgan fingerprint density at radius 2 is 1.73 bits per heavy atom. The van der Waals surface area contributed by atoms with Crippen molar-refractivity contribution in [2.24, 2.45) is 4.40 Å². The lowest BCUT2D eigenvalue weighted by Crippen LogP contribution is -2.35. The van der Waals surface area contributed by atoms with Crippen LogP contribution in [-0.2, 0) is 21.4 Å². The second-order valence-corrected chi connectivity index (χ2v) is 8.15. The van der Waals surface area contributed by atoms with Gasteiger partial charge in [0.15, 0.2) is 11.5 Å². The largest absolute Gasteiger partial charge is 0.493 e. The molecule has 0 saturated carbocycles. The van der Waals surface area contributed by atoms with E-state index in [0.29, 0.717) is 22.7 Å². The zero-order valence-electron chi connectivity index (χ0n) is 17.2. The lowest BCUT2D eigenvalue weighted by molar-refractivity contribution is -0.113. The summed E-state index contributed by atoms with van der Waals surface area (Å²) in [4.78, 5) is 12.8. The van der Waals surface area contributed by atoms with E-state index >= 15 is 0 Å². The monoisotopic (exact) mass is 429 g/mol. The molecule has 1 aliphatic rings. The number of likely N-dealkylation sites (N-methyl/N-ethyl adjacent to an activating group) is 1. The van der Waals surface area contributed by atoms with Gasteiger partial charge in [0, 0.05) is 18.3 Å². The minimum atomic E-state index is -4.07.